The van der Waals surface area contributed by atoms with Crippen LogP contribution in [0.15, 0.2) is 28.9 Å². The van der Waals surface area contributed by atoms with Gasteiger partial charge in [0.2, 0.25) is 5.91 Å². The van der Waals surface area contributed by atoms with E-state index in [2.05, 4.69) is 0 Å². The summed E-state index contributed by atoms with van der Waals surface area (Å²) in [6.07, 6.45) is 3.88. The Kier molecular flexibility index (Phi) is 3.49. The van der Waals surface area contributed by atoms with E-state index in [0.717, 1.165) is 41.5 Å². The van der Waals surface area contributed by atoms with Gasteiger partial charge in [-0.3, -0.25) is 4.79 Å². The molecule has 1 amide bonds. The van der Waals surface area contributed by atoms with Crippen LogP contribution in [-0.4, -0.2) is 35.1 Å². The van der Waals surface area contributed by atoms with Crippen LogP contribution in [0, 0.1) is 6.92 Å². The zero-order valence-corrected chi connectivity index (χ0v) is 11.6. The Hall–Kier alpha value is -1.81. The zero-order valence-electron chi connectivity index (χ0n) is 11.6. The van der Waals surface area contributed by atoms with E-state index in [-0.39, 0.29) is 18.6 Å². The molecule has 0 bridgehead atoms. The van der Waals surface area contributed by atoms with Gasteiger partial charge in [-0.1, -0.05) is 12.1 Å². The van der Waals surface area contributed by atoms with Crippen LogP contribution in [-0.2, 0) is 11.2 Å². The van der Waals surface area contributed by atoms with Crippen molar-refractivity contribution in [3.63, 3.8) is 0 Å². The summed E-state index contributed by atoms with van der Waals surface area (Å²) in [6, 6.07) is 6.00. The second kappa shape index (κ2) is 5.29. The normalized spacial score (nSPS) is 18.9. The van der Waals surface area contributed by atoms with Crippen LogP contribution >= 0.6 is 0 Å². The van der Waals surface area contributed by atoms with E-state index in [1.165, 1.54) is 0 Å². The number of hydrogen-bond acceptors (Lipinski definition) is 3. The zero-order chi connectivity index (χ0) is 14.1. The number of hydrogen-bond donors (Lipinski definition) is 1. The minimum atomic E-state index is -0.0112. The van der Waals surface area contributed by atoms with Gasteiger partial charge in [-0.05, 0) is 31.4 Å². The van der Waals surface area contributed by atoms with Gasteiger partial charge in [0, 0.05) is 17.5 Å². The lowest BCUT2D eigenvalue weighted by Crippen LogP contribution is -2.38. The van der Waals surface area contributed by atoms with Crippen LogP contribution in [0.25, 0.3) is 11.0 Å². The standard InChI is InChI=1S/C16H19NO3/c1-11-4-5-14-12(10-20-15(14)7-11)8-16(19)17-6-2-3-13(17)9-18/h4-5,7,10,13,18H,2-3,6,8-9H2,1H3/t13-/m1/s1. The maximum Gasteiger partial charge on any atom is 0.227 e. The molecule has 2 heterocycles. The number of aryl methyl sites for hydroxylation is 1. The summed E-state index contributed by atoms with van der Waals surface area (Å²) < 4.78 is 5.53. The van der Waals surface area contributed by atoms with Crippen LogP contribution in [0.1, 0.15) is 24.0 Å². The van der Waals surface area contributed by atoms with Crippen LogP contribution in [0.2, 0.25) is 0 Å². The molecule has 0 radical (unpaired) electrons. The van der Waals surface area contributed by atoms with Gasteiger partial charge < -0.3 is 14.4 Å². The van der Waals surface area contributed by atoms with Gasteiger partial charge in [0.1, 0.15) is 5.58 Å². The van der Waals surface area contributed by atoms with E-state index in [0.29, 0.717) is 6.42 Å². The monoisotopic (exact) mass is 273 g/mol. The molecule has 106 valence electrons. The Morgan fingerprint density at radius 2 is 2.35 bits per heavy atom. The van der Waals surface area contributed by atoms with E-state index in [4.69, 9.17) is 4.42 Å². The van der Waals surface area contributed by atoms with Crippen molar-refractivity contribution in [3.05, 3.63) is 35.6 Å². The van der Waals surface area contributed by atoms with E-state index in [1.54, 1.807) is 11.2 Å². The molecular weight excluding hydrogens is 254 g/mol. The molecule has 0 unspecified atom stereocenters. The Bertz CT molecular complexity index is 632. The van der Waals surface area contributed by atoms with Gasteiger partial charge in [-0.15, -0.1) is 0 Å². The van der Waals surface area contributed by atoms with E-state index in [1.807, 2.05) is 25.1 Å². The Morgan fingerprint density at radius 1 is 1.50 bits per heavy atom. The highest BCUT2D eigenvalue weighted by atomic mass is 16.3. The molecule has 1 N–H and O–H groups in total. The first-order chi connectivity index (χ1) is 9.69. The summed E-state index contributed by atoms with van der Waals surface area (Å²) in [7, 11) is 0. The lowest BCUT2D eigenvalue weighted by atomic mass is 10.1. The number of aliphatic hydroxyl groups is 1. The number of carbonyl (C=O) groups excluding carboxylic acids is 1. The molecule has 1 aromatic heterocycles. The smallest absolute Gasteiger partial charge is 0.227 e. The van der Waals surface area contributed by atoms with Crippen molar-refractivity contribution >= 4 is 16.9 Å². The molecule has 3 rings (SSSR count). The Balaban J connectivity index is 1.81. The average Bonchev–Trinajstić information content (AvgIpc) is 3.05. The Morgan fingerprint density at radius 3 is 3.15 bits per heavy atom. The van der Waals surface area contributed by atoms with Crippen molar-refractivity contribution in [3.8, 4) is 0 Å². The lowest BCUT2D eigenvalue weighted by Gasteiger charge is -2.22. The van der Waals surface area contributed by atoms with Gasteiger partial charge in [-0.2, -0.15) is 0 Å². The summed E-state index contributed by atoms with van der Waals surface area (Å²) >= 11 is 0. The maximum absolute atomic E-state index is 12.4. The molecule has 1 aliphatic heterocycles. The summed E-state index contributed by atoms with van der Waals surface area (Å²) in [5.41, 5.74) is 2.89. The van der Waals surface area contributed by atoms with E-state index >= 15 is 0 Å². The molecule has 4 heteroatoms. The van der Waals surface area contributed by atoms with Crippen LogP contribution in [0.3, 0.4) is 0 Å². The number of fused-ring (bicyclic) bond motifs is 1. The quantitative estimate of drug-likeness (QED) is 0.933. The first-order valence-electron chi connectivity index (χ1n) is 7.06. The highest BCUT2D eigenvalue weighted by molar-refractivity contribution is 5.88. The third-order valence-electron chi connectivity index (χ3n) is 4.06. The number of benzene rings is 1. The van der Waals surface area contributed by atoms with Gasteiger partial charge >= 0.3 is 0 Å². The summed E-state index contributed by atoms with van der Waals surface area (Å²) in [5, 5.41) is 10.3. The number of aliphatic hydroxyl groups excluding tert-OH is 1. The van der Waals surface area contributed by atoms with E-state index < -0.39 is 0 Å². The van der Waals surface area contributed by atoms with Gasteiger partial charge in [-0.25, -0.2) is 0 Å². The molecule has 2 aromatic rings. The SMILES string of the molecule is Cc1ccc2c(CC(=O)N3CCC[C@@H]3CO)coc2c1. The molecule has 1 aliphatic rings. The maximum atomic E-state index is 12.4. The minimum Gasteiger partial charge on any atom is -0.464 e. The lowest BCUT2D eigenvalue weighted by molar-refractivity contribution is -0.131. The molecule has 1 saturated heterocycles. The van der Waals surface area contributed by atoms with Crippen LogP contribution < -0.4 is 0 Å². The Labute approximate surface area is 118 Å². The van der Waals surface area contributed by atoms with E-state index in [9.17, 15) is 9.90 Å². The number of likely N-dealkylation sites (tertiary alicyclic amines) is 1. The third kappa shape index (κ3) is 2.31. The van der Waals surface area contributed by atoms with Crippen molar-refractivity contribution < 1.29 is 14.3 Å². The second-order valence-corrected chi connectivity index (χ2v) is 5.50. The van der Waals surface area contributed by atoms with Crippen molar-refractivity contribution in [1.82, 2.24) is 4.90 Å². The van der Waals surface area contributed by atoms with Crippen molar-refractivity contribution in [2.45, 2.75) is 32.2 Å². The van der Waals surface area contributed by atoms with Crippen LogP contribution in [0.4, 0.5) is 0 Å². The molecular formula is C16H19NO3. The highest BCUT2D eigenvalue weighted by Gasteiger charge is 2.28. The molecule has 0 spiro atoms. The predicted molar refractivity (Wildman–Crippen MR) is 76.5 cm³/mol. The van der Waals surface area contributed by atoms with Crippen molar-refractivity contribution in [2.75, 3.05) is 13.2 Å². The number of carbonyl (C=O) groups is 1. The summed E-state index contributed by atoms with van der Waals surface area (Å²) in [5.74, 6) is 0.0739. The fraction of sp³-hybridized carbons (Fsp3) is 0.438. The fourth-order valence-corrected chi connectivity index (χ4v) is 2.95. The van der Waals surface area contributed by atoms with Gasteiger partial charge in [0.05, 0.1) is 25.3 Å². The largest absolute Gasteiger partial charge is 0.464 e. The van der Waals surface area contributed by atoms with Crippen molar-refractivity contribution in [2.24, 2.45) is 0 Å². The predicted octanol–water partition coefficient (Wildman–Crippen LogP) is 2.27. The third-order valence-corrected chi connectivity index (χ3v) is 4.06. The molecule has 1 atom stereocenters. The average molecular weight is 273 g/mol. The van der Waals surface area contributed by atoms with Crippen LogP contribution in [0.5, 0.6) is 0 Å². The van der Waals surface area contributed by atoms with Gasteiger partial charge in [0.25, 0.3) is 0 Å². The summed E-state index contributed by atoms with van der Waals surface area (Å²) in [4.78, 5) is 14.2. The molecule has 1 aromatic carbocycles. The number of rotatable bonds is 3. The molecule has 0 aliphatic carbocycles. The number of amides is 1. The topological polar surface area (TPSA) is 53.7 Å². The number of furan rings is 1. The fourth-order valence-electron chi connectivity index (χ4n) is 2.95. The minimum absolute atomic E-state index is 0.0112. The molecule has 1 fully saturated rings. The molecule has 0 saturated carbocycles. The molecule has 4 nitrogen and oxygen atoms in total. The van der Waals surface area contributed by atoms with Gasteiger partial charge in [0.15, 0.2) is 0 Å². The first-order valence-corrected chi connectivity index (χ1v) is 7.06. The second-order valence-electron chi connectivity index (χ2n) is 5.50. The first kappa shape index (κ1) is 13.2. The molecule has 20 heavy (non-hydrogen) atoms. The number of nitrogens with zero attached hydrogens (tertiary/aromatic N) is 1. The summed E-state index contributed by atoms with van der Waals surface area (Å²) in [6.45, 7) is 2.82. The van der Waals surface area contributed by atoms with Crippen molar-refractivity contribution in [1.29, 1.82) is 0 Å². The highest BCUT2D eigenvalue weighted by Crippen LogP contribution is 2.24.